The lowest BCUT2D eigenvalue weighted by Gasteiger charge is -2.26. The molecule has 7 nitrogen and oxygen atoms in total. The molecular weight excluding hydrogens is 369 g/mol. The highest BCUT2D eigenvalue weighted by Crippen LogP contribution is 2.35. The van der Waals surface area contributed by atoms with Crippen molar-refractivity contribution in [3.63, 3.8) is 0 Å². The fraction of sp³-hybridized carbons (Fsp3) is 0.111. The van der Waals surface area contributed by atoms with Crippen LogP contribution < -0.4 is 16.4 Å². The van der Waals surface area contributed by atoms with Crippen LogP contribution in [0.4, 0.5) is 21.0 Å². The van der Waals surface area contributed by atoms with E-state index in [1.165, 1.54) is 41.6 Å². The van der Waals surface area contributed by atoms with Crippen LogP contribution in [0.3, 0.4) is 0 Å². The van der Waals surface area contributed by atoms with E-state index in [4.69, 9.17) is 11.5 Å². The second-order valence-electron chi connectivity index (χ2n) is 5.70. The molecule has 1 amide bonds. The van der Waals surface area contributed by atoms with Gasteiger partial charge in [-0.05, 0) is 43.3 Å². The van der Waals surface area contributed by atoms with Gasteiger partial charge in [-0.3, -0.25) is 14.6 Å². The van der Waals surface area contributed by atoms with Crippen molar-refractivity contribution in [3.8, 4) is 0 Å². The van der Waals surface area contributed by atoms with Gasteiger partial charge in [-0.2, -0.15) is 0 Å². The molecule has 0 bridgehead atoms. The molecule has 4 N–H and O–H groups in total. The molecule has 2 aromatic heterocycles. The Morgan fingerprint density at radius 3 is 2.37 bits per heavy atom. The van der Waals surface area contributed by atoms with Crippen molar-refractivity contribution < 1.29 is 14.0 Å². The Morgan fingerprint density at radius 1 is 1.15 bits per heavy atom. The van der Waals surface area contributed by atoms with E-state index >= 15 is 0 Å². The Labute approximate surface area is 158 Å². The maximum atomic E-state index is 13.3. The van der Waals surface area contributed by atoms with E-state index < -0.39 is 17.8 Å². The molecule has 0 spiro atoms. The van der Waals surface area contributed by atoms with E-state index in [0.717, 1.165) is 11.3 Å². The number of rotatable bonds is 6. The van der Waals surface area contributed by atoms with Crippen molar-refractivity contribution in [3.05, 3.63) is 65.0 Å². The van der Waals surface area contributed by atoms with Gasteiger partial charge in [0.2, 0.25) is 11.7 Å². The van der Waals surface area contributed by atoms with Gasteiger partial charge >= 0.3 is 0 Å². The molecule has 1 atom stereocenters. The summed E-state index contributed by atoms with van der Waals surface area (Å²) in [7, 11) is 0. The number of amides is 1. The SMILES string of the molecule is C[C@H](C(N)=O)N(c1ccc(F)cc1)c1nc(N)c(C(=O)c2ccncc2)s1. The molecule has 0 aliphatic rings. The van der Waals surface area contributed by atoms with Crippen LogP contribution in [0.25, 0.3) is 0 Å². The zero-order valence-electron chi connectivity index (χ0n) is 14.3. The lowest BCUT2D eigenvalue weighted by atomic mass is 10.1. The minimum absolute atomic E-state index is 0.0422. The first-order valence-corrected chi connectivity index (χ1v) is 8.75. The molecule has 0 saturated heterocycles. The number of carbonyl (C=O) groups is 2. The number of anilines is 3. The number of nitrogens with two attached hydrogens (primary N) is 2. The monoisotopic (exact) mass is 385 g/mol. The molecule has 138 valence electrons. The van der Waals surface area contributed by atoms with Gasteiger partial charge in [0.1, 0.15) is 22.6 Å². The third-order valence-electron chi connectivity index (χ3n) is 3.90. The number of ketones is 1. The zero-order valence-corrected chi connectivity index (χ0v) is 15.1. The molecule has 0 fully saturated rings. The number of carbonyl (C=O) groups excluding carboxylic acids is 2. The molecule has 0 saturated carbocycles. The molecular formula is C18H16FN5O2S. The first kappa shape index (κ1) is 18.5. The van der Waals surface area contributed by atoms with Crippen LogP contribution in [-0.4, -0.2) is 27.7 Å². The Balaban J connectivity index is 2.04. The molecule has 9 heteroatoms. The van der Waals surface area contributed by atoms with Crippen LogP contribution in [0.2, 0.25) is 0 Å². The highest BCUT2D eigenvalue weighted by atomic mass is 32.1. The molecule has 1 aromatic carbocycles. The summed E-state index contributed by atoms with van der Waals surface area (Å²) >= 11 is 1.03. The summed E-state index contributed by atoms with van der Waals surface area (Å²) in [5, 5.41) is 0.308. The van der Waals surface area contributed by atoms with Gasteiger partial charge in [0, 0.05) is 23.6 Å². The summed E-state index contributed by atoms with van der Waals surface area (Å²) in [6.45, 7) is 1.59. The van der Waals surface area contributed by atoms with Gasteiger partial charge in [-0.1, -0.05) is 11.3 Å². The van der Waals surface area contributed by atoms with E-state index in [2.05, 4.69) is 9.97 Å². The predicted octanol–water partition coefficient (Wildman–Crippen LogP) is 2.50. The van der Waals surface area contributed by atoms with E-state index in [0.29, 0.717) is 16.4 Å². The predicted molar refractivity (Wildman–Crippen MR) is 101 cm³/mol. The number of hydrogen-bond donors (Lipinski definition) is 2. The van der Waals surface area contributed by atoms with Crippen molar-refractivity contribution in [1.29, 1.82) is 0 Å². The number of nitrogen functional groups attached to an aromatic ring is 1. The van der Waals surface area contributed by atoms with Gasteiger partial charge in [0.05, 0.1) is 0 Å². The van der Waals surface area contributed by atoms with Gasteiger partial charge in [0.25, 0.3) is 0 Å². The fourth-order valence-corrected chi connectivity index (χ4v) is 3.50. The summed E-state index contributed by atoms with van der Waals surface area (Å²) in [6.07, 6.45) is 3.01. The van der Waals surface area contributed by atoms with Crippen molar-refractivity contribution in [2.45, 2.75) is 13.0 Å². The van der Waals surface area contributed by atoms with Gasteiger partial charge in [-0.25, -0.2) is 9.37 Å². The van der Waals surface area contributed by atoms with Gasteiger partial charge in [-0.15, -0.1) is 0 Å². The average molecular weight is 385 g/mol. The van der Waals surface area contributed by atoms with Crippen LogP contribution in [0.15, 0.2) is 48.8 Å². The van der Waals surface area contributed by atoms with Crippen molar-refractivity contribution >= 4 is 39.7 Å². The van der Waals surface area contributed by atoms with Gasteiger partial charge in [0.15, 0.2) is 5.13 Å². The number of benzene rings is 1. The number of hydrogen-bond acceptors (Lipinski definition) is 7. The smallest absolute Gasteiger partial charge is 0.240 e. The van der Waals surface area contributed by atoms with Crippen molar-refractivity contribution in [2.24, 2.45) is 5.73 Å². The van der Waals surface area contributed by atoms with Crippen LogP contribution in [0.1, 0.15) is 22.2 Å². The Kier molecular flexibility index (Phi) is 5.13. The summed E-state index contributed by atoms with van der Waals surface area (Å²) in [5.41, 5.74) is 12.3. The highest BCUT2D eigenvalue weighted by molar-refractivity contribution is 7.18. The molecule has 3 aromatic rings. The molecule has 0 unspecified atom stereocenters. The van der Waals surface area contributed by atoms with Crippen molar-refractivity contribution in [2.75, 3.05) is 10.6 Å². The normalized spacial score (nSPS) is 11.8. The van der Waals surface area contributed by atoms with Crippen LogP contribution in [0.5, 0.6) is 0 Å². The number of halogens is 1. The number of primary amides is 1. The molecule has 2 heterocycles. The van der Waals surface area contributed by atoms with Crippen LogP contribution in [0, 0.1) is 5.82 Å². The standard InChI is InChI=1S/C18H16FN5O2S/c1-10(17(21)26)24(13-4-2-12(19)3-5-13)18-23-16(20)15(27-18)14(25)11-6-8-22-9-7-11/h2-10H,20H2,1H3,(H2,21,26)/t10-/m1/s1. The highest BCUT2D eigenvalue weighted by Gasteiger charge is 2.27. The number of pyridine rings is 1. The Morgan fingerprint density at radius 2 is 1.78 bits per heavy atom. The lowest BCUT2D eigenvalue weighted by Crippen LogP contribution is -2.39. The average Bonchev–Trinajstić information content (AvgIpc) is 3.04. The molecule has 27 heavy (non-hydrogen) atoms. The van der Waals surface area contributed by atoms with Crippen LogP contribution in [-0.2, 0) is 4.79 Å². The first-order valence-electron chi connectivity index (χ1n) is 7.93. The van der Waals surface area contributed by atoms with E-state index in [9.17, 15) is 14.0 Å². The summed E-state index contributed by atoms with van der Waals surface area (Å²) < 4.78 is 13.3. The molecule has 0 aliphatic heterocycles. The Bertz CT molecular complexity index is 975. The topological polar surface area (TPSA) is 115 Å². The zero-order chi connectivity index (χ0) is 19.6. The number of aromatic nitrogens is 2. The molecule has 0 radical (unpaired) electrons. The van der Waals surface area contributed by atoms with E-state index in [1.54, 1.807) is 19.1 Å². The minimum Gasteiger partial charge on any atom is -0.382 e. The summed E-state index contributed by atoms with van der Waals surface area (Å²) in [4.78, 5) is 34.4. The summed E-state index contributed by atoms with van der Waals surface area (Å²) in [5.74, 6) is -1.28. The largest absolute Gasteiger partial charge is 0.382 e. The number of thiazole rings is 1. The third-order valence-corrected chi connectivity index (χ3v) is 4.97. The van der Waals surface area contributed by atoms with Crippen molar-refractivity contribution in [1.82, 2.24) is 9.97 Å². The summed E-state index contributed by atoms with van der Waals surface area (Å²) in [6, 6.07) is 7.87. The Hall–Kier alpha value is -3.33. The molecule has 0 aliphatic carbocycles. The van der Waals surface area contributed by atoms with Gasteiger partial charge < -0.3 is 16.4 Å². The first-order chi connectivity index (χ1) is 12.9. The lowest BCUT2D eigenvalue weighted by molar-refractivity contribution is -0.118. The molecule has 3 rings (SSSR count). The van der Waals surface area contributed by atoms with E-state index in [-0.39, 0.29) is 16.5 Å². The van der Waals surface area contributed by atoms with Crippen LogP contribution >= 0.6 is 11.3 Å². The van der Waals surface area contributed by atoms with E-state index in [1.807, 2.05) is 0 Å². The second kappa shape index (κ2) is 7.50. The minimum atomic E-state index is -0.787. The quantitative estimate of drug-likeness (QED) is 0.630. The maximum absolute atomic E-state index is 13.3. The number of nitrogens with zero attached hydrogens (tertiary/aromatic N) is 3. The maximum Gasteiger partial charge on any atom is 0.240 e. The second-order valence-corrected chi connectivity index (χ2v) is 6.68. The third kappa shape index (κ3) is 3.77. The fourth-order valence-electron chi connectivity index (χ4n) is 2.45.